The van der Waals surface area contributed by atoms with Crippen LogP contribution in [0.25, 0.3) is 0 Å². The summed E-state index contributed by atoms with van der Waals surface area (Å²) in [5.41, 5.74) is 0.959. The first-order valence-corrected chi connectivity index (χ1v) is 6.22. The Kier molecular flexibility index (Phi) is 3.82. The summed E-state index contributed by atoms with van der Waals surface area (Å²) in [6, 6.07) is 5.58. The van der Waals surface area contributed by atoms with Crippen molar-refractivity contribution in [1.82, 2.24) is 5.32 Å². The Hall–Kier alpha value is -0.600. The average Bonchev–Trinajstić information content (AvgIpc) is 2.66. The van der Waals surface area contributed by atoms with Crippen LogP contribution in [0.1, 0.15) is 31.7 Å². The molecular formula is C13H17ClFN. The monoisotopic (exact) mass is 241 g/mol. The van der Waals surface area contributed by atoms with E-state index >= 15 is 0 Å². The van der Waals surface area contributed by atoms with Crippen LogP contribution in [0.5, 0.6) is 0 Å². The van der Waals surface area contributed by atoms with E-state index in [-0.39, 0.29) is 10.8 Å². The Morgan fingerprint density at radius 3 is 2.88 bits per heavy atom. The van der Waals surface area contributed by atoms with Gasteiger partial charge >= 0.3 is 0 Å². The predicted molar refractivity (Wildman–Crippen MR) is 65.1 cm³/mol. The molecule has 0 radical (unpaired) electrons. The molecule has 0 saturated heterocycles. The molecule has 0 bridgehead atoms. The molecule has 1 aliphatic rings. The van der Waals surface area contributed by atoms with E-state index in [0.29, 0.717) is 6.04 Å². The summed E-state index contributed by atoms with van der Waals surface area (Å²) in [5, 5.41) is 3.68. The maximum absolute atomic E-state index is 13.2. The van der Waals surface area contributed by atoms with Gasteiger partial charge in [-0.15, -0.1) is 0 Å². The van der Waals surface area contributed by atoms with E-state index in [4.69, 9.17) is 11.6 Å². The maximum atomic E-state index is 13.2. The summed E-state index contributed by atoms with van der Waals surface area (Å²) < 4.78 is 13.2. The quantitative estimate of drug-likeness (QED) is 0.850. The molecule has 1 nitrogen and oxygen atoms in total. The summed E-state index contributed by atoms with van der Waals surface area (Å²) in [6.07, 6.45) is 3.83. The van der Waals surface area contributed by atoms with Crippen molar-refractivity contribution in [1.29, 1.82) is 0 Å². The molecule has 1 saturated carbocycles. The Morgan fingerprint density at radius 2 is 2.25 bits per heavy atom. The van der Waals surface area contributed by atoms with Gasteiger partial charge in [-0.2, -0.15) is 0 Å². The Morgan fingerprint density at radius 1 is 1.44 bits per heavy atom. The van der Waals surface area contributed by atoms with Crippen LogP contribution in [-0.2, 0) is 6.54 Å². The fourth-order valence-corrected chi connectivity index (χ4v) is 2.46. The molecule has 1 fully saturated rings. The zero-order valence-electron chi connectivity index (χ0n) is 9.47. The van der Waals surface area contributed by atoms with Crippen molar-refractivity contribution >= 4 is 11.6 Å². The van der Waals surface area contributed by atoms with Crippen molar-refractivity contribution in [3.05, 3.63) is 34.6 Å². The first-order chi connectivity index (χ1) is 7.66. The number of nitrogens with one attached hydrogen (secondary N) is 1. The van der Waals surface area contributed by atoms with Gasteiger partial charge in [-0.25, -0.2) is 4.39 Å². The van der Waals surface area contributed by atoms with Gasteiger partial charge in [-0.3, -0.25) is 0 Å². The average molecular weight is 242 g/mol. The molecule has 0 aromatic heterocycles. The second-order valence-electron chi connectivity index (χ2n) is 4.64. The van der Waals surface area contributed by atoms with Gasteiger partial charge < -0.3 is 5.32 Å². The number of hydrogen-bond acceptors (Lipinski definition) is 1. The molecule has 1 N–H and O–H groups in total. The third kappa shape index (κ3) is 2.74. The molecule has 3 heteroatoms. The minimum absolute atomic E-state index is 0.193. The molecule has 1 aromatic rings. The highest BCUT2D eigenvalue weighted by Gasteiger charge is 2.22. The normalized spacial score (nSPS) is 24.9. The Balaban J connectivity index is 1.91. The van der Waals surface area contributed by atoms with Crippen LogP contribution in [-0.4, -0.2) is 6.04 Å². The molecule has 0 heterocycles. The van der Waals surface area contributed by atoms with Crippen LogP contribution in [0.3, 0.4) is 0 Å². The molecule has 16 heavy (non-hydrogen) atoms. The summed E-state index contributed by atoms with van der Waals surface area (Å²) in [5.74, 6) is 0.401. The Bertz CT molecular complexity index is 367. The largest absolute Gasteiger partial charge is 0.310 e. The molecule has 0 amide bonds. The second kappa shape index (κ2) is 5.15. The molecular weight excluding hydrogens is 225 g/mol. The topological polar surface area (TPSA) is 12.0 Å². The minimum Gasteiger partial charge on any atom is -0.310 e. The lowest BCUT2D eigenvalue weighted by Crippen LogP contribution is -2.30. The van der Waals surface area contributed by atoms with Gasteiger partial charge in [0.15, 0.2) is 0 Å². The smallest absolute Gasteiger partial charge is 0.142 e. The minimum atomic E-state index is -0.333. The lowest BCUT2D eigenvalue weighted by Gasteiger charge is -2.17. The summed E-state index contributed by atoms with van der Waals surface area (Å²) >= 11 is 5.64. The van der Waals surface area contributed by atoms with Crippen molar-refractivity contribution in [2.24, 2.45) is 5.92 Å². The summed E-state index contributed by atoms with van der Waals surface area (Å²) in [6.45, 7) is 3.00. The van der Waals surface area contributed by atoms with Crippen LogP contribution in [0, 0.1) is 11.7 Å². The summed E-state index contributed by atoms with van der Waals surface area (Å²) in [7, 11) is 0. The van der Waals surface area contributed by atoms with E-state index in [1.165, 1.54) is 25.3 Å². The third-order valence-corrected chi connectivity index (χ3v) is 3.72. The SMILES string of the molecule is CC1CCCC1NCc1ccc(Cl)c(F)c1. The zero-order valence-corrected chi connectivity index (χ0v) is 10.2. The van der Waals surface area contributed by atoms with Crippen molar-refractivity contribution in [3.63, 3.8) is 0 Å². The van der Waals surface area contributed by atoms with E-state index in [1.807, 2.05) is 6.07 Å². The third-order valence-electron chi connectivity index (χ3n) is 3.41. The Labute approximate surface area is 101 Å². The van der Waals surface area contributed by atoms with Crippen molar-refractivity contribution in [2.45, 2.75) is 38.8 Å². The summed E-state index contributed by atoms with van der Waals surface area (Å²) in [4.78, 5) is 0. The highest BCUT2D eigenvalue weighted by molar-refractivity contribution is 6.30. The molecule has 2 unspecified atom stereocenters. The standard InChI is InChI=1S/C13H17ClFN/c1-9-3-2-4-13(9)16-8-10-5-6-11(14)12(15)7-10/h5-7,9,13,16H,2-4,8H2,1H3. The van der Waals surface area contributed by atoms with E-state index in [0.717, 1.165) is 18.0 Å². The lowest BCUT2D eigenvalue weighted by molar-refractivity contribution is 0.425. The molecule has 1 aromatic carbocycles. The van der Waals surface area contributed by atoms with Gasteiger partial charge in [-0.1, -0.05) is 31.0 Å². The van der Waals surface area contributed by atoms with Gasteiger partial charge in [-0.05, 0) is 36.5 Å². The van der Waals surface area contributed by atoms with E-state index in [2.05, 4.69) is 12.2 Å². The molecule has 0 spiro atoms. The van der Waals surface area contributed by atoms with Crippen LogP contribution in [0.15, 0.2) is 18.2 Å². The molecule has 2 rings (SSSR count). The van der Waals surface area contributed by atoms with Gasteiger partial charge in [0, 0.05) is 12.6 Å². The van der Waals surface area contributed by atoms with Gasteiger partial charge in [0.25, 0.3) is 0 Å². The fraction of sp³-hybridized carbons (Fsp3) is 0.538. The van der Waals surface area contributed by atoms with E-state index in [9.17, 15) is 4.39 Å². The number of hydrogen-bond donors (Lipinski definition) is 1. The highest BCUT2D eigenvalue weighted by atomic mass is 35.5. The van der Waals surface area contributed by atoms with Gasteiger partial charge in [0.2, 0.25) is 0 Å². The number of benzene rings is 1. The lowest BCUT2D eigenvalue weighted by atomic mass is 10.1. The first kappa shape index (κ1) is 11.9. The van der Waals surface area contributed by atoms with E-state index in [1.54, 1.807) is 6.07 Å². The van der Waals surface area contributed by atoms with Crippen molar-refractivity contribution < 1.29 is 4.39 Å². The van der Waals surface area contributed by atoms with Crippen LogP contribution in [0.2, 0.25) is 5.02 Å². The van der Waals surface area contributed by atoms with Crippen molar-refractivity contribution in [3.8, 4) is 0 Å². The highest BCUT2D eigenvalue weighted by Crippen LogP contribution is 2.25. The van der Waals surface area contributed by atoms with Gasteiger partial charge in [0.1, 0.15) is 5.82 Å². The van der Waals surface area contributed by atoms with Crippen LogP contribution in [0.4, 0.5) is 4.39 Å². The molecule has 0 aliphatic heterocycles. The second-order valence-corrected chi connectivity index (χ2v) is 5.05. The van der Waals surface area contributed by atoms with Crippen LogP contribution >= 0.6 is 11.6 Å². The maximum Gasteiger partial charge on any atom is 0.142 e. The fourth-order valence-electron chi connectivity index (χ4n) is 2.35. The van der Waals surface area contributed by atoms with Gasteiger partial charge in [0.05, 0.1) is 5.02 Å². The molecule has 2 atom stereocenters. The predicted octanol–water partition coefficient (Wildman–Crippen LogP) is 3.76. The van der Waals surface area contributed by atoms with Crippen molar-refractivity contribution in [2.75, 3.05) is 0 Å². The van der Waals surface area contributed by atoms with E-state index < -0.39 is 0 Å². The number of rotatable bonds is 3. The zero-order chi connectivity index (χ0) is 11.5. The number of halogens is 2. The molecule has 1 aliphatic carbocycles. The first-order valence-electron chi connectivity index (χ1n) is 5.84. The van der Waals surface area contributed by atoms with Crippen LogP contribution < -0.4 is 5.32 Å². The molecule has 88 valence electrons.